The van der Waals surface area contributed by atoms with Crippen molar-refractivity contribution in [3.05, 3.63) is 0 Å². The van der Waals surface area contributed by atoms with E-state index in [2.05, 4.69) is 22.9 Å². The van der Waals surface area contributed by atoms with Gasteiger partial charge in [-0.15, -0.1) is 0 Å². The molecule has 2 aliphatic rings. The Morgan fingerprint density at radius 1 is 1.70 bits per heavy atom. The van der Waals surface area contributed by atoms with Crippen LogP contribution in [0.5, 0.6) is 0 Å². The van der Waals surface area contributed by atoms with Crippen LogP contribution in [0, 0.1) is 11.8 Å². The van der Waals surface area contributed by atoms with E-state index in [1.165, 1.54) is 0 Å². The summed E-state index contributed by atoms with van der Waals surface area (Å²) in [4.78, 5) is 11.2. The first-order chi connectivity index (χ1) is 4.70. The Kier molecular flexibility index (Phi) is 1.31. The number of halogens is 1. The fourth-order valence-corrected chi connectivity index (χ4v) is 2.43. The number of ether oxygens (including phenoxy) is 1. The van der Waals surface area contributed by atoms with Gasteiger partial charge in [-0.3, -0.25) is 4.79 Å². The Bertz CT molecular complexity index is 180. The van der Waals surface area contributed by atoms with Gasteiger partial charge in [0.1, 0.15) is 6.10 Å². The predicted octanol–water partition coefficient (Wildman–Crippen LogP) is 1.33. The molecule has 1 unspecified atom stereocenters. The number of alkyl halides is 1. The molecule has 0 aromatic carbocycles. The zero-order valence-electron chi connectivity index (χ0n) is 5.71. The summed E-state index contributed by atoms with van der Waals surface area (Å²) in [5.74, 6) is 0.791. The number of fused-ring (bicyclic) bond motifs is 1. The predicted molar refractivity (Wildman–Crippen MR) is 39.9 cm³/mol. The Morgan fingerprint density at radius 3 is 2.80 bits per heavy atom. The summed E-state index contributed by atoms with van der Waals surface area (Å²) in [6.07, 6.45) is 1.18. The summed E-state index contributed by atoms with van der Waals surface area (Å²) in [7, 11) is 0. The van der Waals surface area contributed by atoms with Gasteiger partial charge in [-0.2, -0.15) is 0 Å². The van der Waals surface area contributed by atoms with E-state index >= 15 is 0 Å². The Balaban J connectivity index is 2.13. The van der Waals surface area contributed by atoms with Gasteiger partial charge in [-0.25, -0.2) is 0 Å². The molecule has 0 spiro atoms. The van der Waals surface area contributed by atoms with Gasteiger partial charge in [0, 0.05) is 0 Å². The molecule has 0 bridgehead atoms. The quantitative estimate of drug-likeness (QED) is 0.440. The van der Waals surface area contributed by atoms with Crippen LogP contribution in [0.15, 0.2) is 0 Å². The Hall–Kier alpha value is -0.0500. The molecule has 1 heterocycles. The molecule has 1 saturated carbocycles. The molecule has 2 nitrogen and oxygen atoms in total. The van der Waals surface area contributed by atoms with E-state index in [0.717, 1.165) is 6.42 Å². The van der Waals surface area contributed by atoms with Gasteiger partial charge >= 0.3 is 5.97 Å². The maximum Gasteiger partial charge on any atom is 0.313 e. The minimum absolute atomic E-state index is 0.00111. The third-order valence-corrected chi connectivity index (χ3v) is 3.86. The van der Waals surface area contributed by atoms with Gasteiger partial charge in [0.05, 0.1) is 10.7 Å². The molecular formula is C7H9BrO2. The van der Waals surface area contributed by atoms with Crippen LogP contribution >= 0.6 is 15.9 Å². The topological polar surface area (TPSA) is 26.3 Å². The number of esters is 1. The van der Waals surface area contributed by atoms with Crippen molar-refractivity contribution in [2.24, 2.45) is 11.8 Å². The molecule has 4 atom stereocenters. The third kappa shape index (κ3) is 0.669. The molecule has 3 heteroatoms. The summed E-state index contributed by atoms with van der Waals surface area (Å²) < 4.78 is 4.96. The fourth-order valence-electron chi connectivity index (χ4n) is 1.74. The van der Waals surface area contributed by atoms with Crippen molar-refractivity contribution < 1.29 is 9.53 Å². The lowest BCUT2D eigenvalue weighted by Gasteiger charge is -2.30. The van der Waals surface area contributed by atoms with Crippen LogP contribution in [0.25, 0.3) is 0 Å². The summed E-state index contributed by atoms with van der Waals surface area (Å²) in [5, 5.41) is 0. The number of hydrogen-bond donors (Lipinski definition) is 0. The van der Waals surface area contributed by atoms with Crippen molar-refractivity contribution in [3.8, 4) is 0 Å². The summed E-state index contributed by atoms with van der Waals surface area (Å²) in [6.45, 7) is 2.15. The summed E-state index contributed by atoms with van der Waals surface area (Å²) in [6, 6.07) is 0. The minimum Gasteiger partial charge on any atom is -0.460 e. The largest absolute Gasteiger partial charge is 0.460 e. The number of carbonyl (C=O) groups excluding carboxylic acids is 1. The standard InChI is InChI=1S/C7H9BrO2/c1-3-2-4-6(5(3)8)10-7(4)9/h3-6H,2H2,1H3/t3-,4-,5-,6?/m1/s1. The van der Waals surface area contributed by atoms with Gasteiger partial charge in [0.25, 0.3) is 0 Å². The Labute approximate surface area is 68.1 Å². The van der Waals surface area contributed by atoms with Crippen LogP contribution in [0.3, 0.4) is 0 Å². The van der Waals surface area contributed by atoms with E-state index in [9.17, 15) is 4.79 Å². The average molecular weight is 205 g/mol. The van der Waals surface area contributed by atoms with Crippen molar-refractivity contribution in [3.63, 3.8) is 0 Å². The lowest BCUT2D eigenvalue weighted by molar-refractivity contribution is -0.179. The molecular weight excluding hydrogens is 196 g/mol. The maximum absolute atomic E-state index is 10.8. The van der Waals surface area contributed by atoms with E-state index < -0.39 is 0 Å². The average Bonchev–Trinajstić information content (AvgIpc) is 2.12. The molecule has 1 aliphatic carbocycles. The van der Waals surface area contributed by atoms with Crippen LogP contribution in [0.4, 0.5) is 0 Å². The number of rotatable bonds is 0. The van der Waals surface area contributed by atoms with Gasteiger partial charge in [-0.05, 0) is 12.3 Å². The first kappa shape index (κ1) is 6.65. The van der Waals surface area contributed by atoms with Crippen molar-refractivity contribution >= 4 is 21.9 Å². The number of carbonyl (C=O) groups is 1. The van der Waals surface area contributed by atoms with E-state index in [4.69, 9.17) is 4.74 Å². The molecule has 2 rings (SSSR count). The van der Waals surface area contributed by atoms with Crippen LogP contribution < -0.4 is 0 Å². The summed E-state index contributed by atoms with van der Waals surface area (Å²) >= 11 is 3.51. The highest BCUT2D eigenvalue weighted by Gasteiger charge is 2.53. The normalized spacial score (nSPS) is 51.6. The minimum atomic E-state index is -0.00111. The van der Waals surface area contributed by atoms with Crippen molar-refractivity contribution in [2.45, 2.75) is 24.3 Å². The second-order valence-corrected chi connectivity index (χ2v) is 4.22. The first-order valence-corrected chi connectivity index (χ1v) is 4.46. The molecule has 2 fully saturated rings. The molecule has 0 aromatic heterocycles. The van der Waals surface area contributed by atoms with Gasteiger partial charge in [0.15, 0.2) is 0 Å². The van der Waals surface area contributed by atoms with Crippen molar-refractivity contribution in [1.82, 2.24) is 0 Å². The third-order valence-electron chi connectivity index (χ3n) is 2.43. The SMILES string of the molecule is C[C@@H]1C[C@H]2C(=O)OC2[C@@H]1Br. The zero-order valence-corrected chi connectivity index (χ0v) is 7.30. The lowest BCUT2D eigenvalue weighted by atomic mass is 10.0. The second-order valence-electron chi connectivity index (χ2n) is 3.17. The zero-order chi connectivity index (χ0) is 7.30. The van der Waals surface area contributed by atoms with E-state index in [-0.39, 0.29) is 18.0 Å². The fraction of sp³-hybridized carbons (Fsp3) is 0.857. The Morgan fingerprint density at radius 2 is 2.40 bits per heavy atom. The van der Waals surface area contributed by atoms with Gasteiger partial charge < -0.3 is 4.74 Å². The van der Waals surface area contributed by atoms with Crippen molar-refractivity contribution in [1.29, 1.82) is 0 Å². The molecule has 1 saturated heterocycles. The van der Waals surface area contributed by atoms with E-state index in [1.54, 1.807) is 0 Å². The lowest BCUT2D eigenvalue weighted by Crippen LogP contribution is -2.44. The van der Waals surface area contributed by atoms with Crippen LogP contribution in [-0.4, -0.2) is 16.9 Å². The molecule has 10 heavy (non-hydrogen) atoms. The van der Waals surface area contributed by atoms with E-state index in [1.807, 2.05) is 0 Å². The molecule has 0 aromatic rings. The molecule has 0 N–H and O–H groups in total. The molecule has 0 radical (unpaired) electrons. The van der Waals surface area contributed by atoms with Gasteiger partial charge in [-0.1, -0.05) is 22.9 Å². The van der Waals surface area contributed by atoms with Crippen LogP contribution in [-0.2, 0) is 9.53 Å². The second kappa shape index (κ2) is 1.97. The number of hydrogen-bond acceptors (Lipinski definition) is 2. The van der Waals surface area contributed by atoms with Crippen molar-refractivity contribution in [2.75, 3.05) is 0 Å². The van der Waals surface area contributed by atoms with E-state index in [0.29, 0.717) is 10.7 Å². The first-order valence-electron chi connectivity index (χ1n) is 3.54. The highest BCUT2D eigenvalue weighted by Crippen LogP contribution is 2.44. The highest BCUT2D eigenvalue weighted by atomic mass is 79.9. The highest BCUT2D eigenvalue weighted by molar-refractivity contribution is 9.09. The molecule has 1 aliphatic heterocycles. The molecule has 56 valence electrons. The van der Waals surface area contributed by atoms with Gasteiger partial charge in [0.2, 0.25) is 0 Å². The summed E-state index contributed by atoms with van der Waals surface area (Å²) in [5.41, 5.74) is 0. The van der Waals surface area contributed by atoms with Crippen LogP contribution in [0.2, 0.25) is 0 Å². The van der Waals surface area contributed by atoms with Crippen LogP contribution in [0.1, 0.15) is 13.3 Å². The maximum atomic E-state index is 10.8. The smallest absolute Gasteiger partial charge is 0.313 e. The monoisotopic (exact) mass is 204 g/mol. The molecule has 0 amide bonds.